The van der Waals surface area contributed by atoms with Crippen LogP contribution in [-0.2, 0) is 4.74 Å². The van der Waals surface area contributed by atoms with Crippen LogP contribution in [0.25, 0.3) is 0 Å². The molecule has 1 aliphatic rings. The summed E-state index contributed by atoms with van der Waals surface area (Å²) < 4.78 is 5.90. The average molecular weight is 352 g/mol. The van der Waals surface area contributed by atoms with Gasteiger partial charge in [0.2, 0.25) is 0 Å². The van der Waals surface area contributed by atoms with Crippen LogP contribution in [0.3, 0.4) is 0 Å². The van der Waals surface area contributed by atoms with Crippen LogP contribution in [0.4, 0.5) is 0 Å². The summed E-state index contributed by atoms with van der Waals surface area (Å²) in [5.41, 5.74) is 1.21. The molecule has 5 atom stereocenters. The Labute approximate surface area is 153 Å². The first-order chi connectivity index (χ1) is 12.5. The largest absolute Gasteiger partial charge is 0.391 e. The number of benzene rings is 2. The molecule has 0 saturated carbocycles. The predicted octanol–water partition coefficient (Wildman–Crippen LogP) is 3.54. The number of ether oxygens (including phenoxy) is 1. The predicted molar refractivity (Wildman–Crippen MR) is 99.2 cm³/mol. The highest BCUT2D eigenvalue weighted by atomic mass is 16.5. The second kappa shape index (κ2) is 7.94. The van der Waals surface area contributed by atoms with Gasteiger partial charge in [-0.1, -0.05) is 60.7 Å². The van der Waals surface area contributed by atoms with Gasteiger partial charge in [-0.05, 0) is 13.8 Å². The Hall–Kier alpha value is -2.30. The molecule has 0 amide bonds. The van der Waals surface area contributed by atoms with Crippen LogP contribution in [0.15, 0.2) is 60.7 Å². The molecule has 0 radical (unpaired) electrons. The molecule has 2 aromatic carbocycles. The first-order valence-electron chi connectivity index (χ1n) is 9.00. The molecule has 0 aliphatic carbocycles. The van der Waals surface area contributed by atoms with E-state index in [4.69, 9.17) is 4.74 Å². The summed E-state index contributed by atoms with van der Waals surface area (Å²) in [5.74, 6) is -0.898. The van der Waals surface area contributed by atoms with Gasteiger partial charge in [-0.3, -0.25) is 9.59 Å². The average Bonchev–Trinajstić information content (AvgIpc) is 2.99. The number of carbonyl (C=O) groups excluding carboxylic acids is 2. The number of carbonyl (C=O) groups is 2. The third-order valence-electron chi connectivity index (χ3n) is 5.14. The maximum Gasteiger partial charge on any atom is 0.169 e. The molecule has 2 aromatic rings. The van der Waals surface area contributed by atoms with Gasteiger partial charge >= 0.3 is 0 Å². The van der Waals surface area contributed by atoms with Gasteiger partial charge in [0.15, 0.2) is 11.6 Å². The van der Waals surface area contributed by atoms with Crippen LogP contribution in [0, 0.1) is 11.8 Å². The highest BCUT2D eigenvalue weighted by Crippen LogP contribution is 2.39. The minimum Gasteiger partial charge on any atom is -0.391 e. The van der Waals surface area contributed by atoms with Crippen LogP contribution < -0.4 is 0 Å². The monoisotopic (exact) mass is 352 g/mol. The maximum atomic E-state index is 13.1. The van der Waals surface area contributed by atoms with Crippen molar-refractivity contribution in [3.8, 4) is 0 Å². The zero-order valence-electron chi connectivity index (χ0n) is 15.0. The lowest BCUT2D eigenvalue weighted by Gasteiger charge is -2.23. The van der Waals surface area contributed by atoms with Crippen LogP contribution >= 0.6 is 0 Å². The Kier molecular flexibility index (Phi) is 5.64. The van der Waals surface area contributed by atoms with E-state index in [1.54, 1.807) is 31.2 Å². The first-order valence-corrected chi connectivity index (χ1v) is 9.00. The van der Waals surface area contributed by atoms with Gasteiger partial charge in [0.25, 0.3) is 0 Å². The zero-order chi connectivity index (χ0) is 18.7. The molecule has 4 heteroatoms. The van der Waals surface area contributed by atoms with Crippen molar-refractivity contribution in [1.82, 2.24) is 0 Å². The van der Waals surface area contributed by atoms with Crippen molar-refractivity contribution >= 4 is 11.6 Å². The number of aliphatic hydroxyl groups is 1. The van der Waals surface area contributed by atoms with E-state index in [0.29, 0.717) is 11.1 Å². The second-order valence-corrected chi connectivity index (χ2v) is 6.96. The summed E-state index contributed by atoms with van der Waals surface area (Å²) in [5, 5.41) is 10.1. The minimum atomic E-state index is -0.785. The van der Waals surface area contributed by atoms with Crippen LogP contribution in [-0.4, -0.2) is 35.0 Å². The third kappa shape index (κ3) is 3.76. The fraction of sp³-hybridized carbons (Fsp3) is 0.364. The highest BCUT2D eigenvalue weighted by molar-refractivity contribution is 6.00. The molecular weight excluding hydrogens is 328 g/mol. The Morgan fingerprint density at radius 2 is 1.54 bits per heavy atom. The van der Waals surface area contributed by atoms with Gasteiger partial charge in [0, 0.05) is 23.5 Å². The molecule has 1 unspecified atom stereocenters. The number of aliphatic hydroxyl groups excluding tert-OH is 1. The van der Waals surface area contributed by atoms with Crippen molar-refractivity contribution in [2.45, 2.75) is 38.6 Å². The summed E-state index contributed by atoms with van der Waals surface area (Å²) in [6.45, 7) is 3.50. The number of hydrogen-bond donors (Lipinski definition) is 1. The van der Waals surface area contributed by atoms with Crippen molar-refractivity contribution in [2.24, 2.45) is 11.8 Å². The SMILES string of the molecule is CC(O)[C@@H]1O[C@H](C)[C@H](CC(=O)c2ccccc2)[C@H]1C(=O)c1ccccc1. The lowest BCUT2D eigenvalue weighted by Crippen LogP contribution is -2.36. The normalized spacial score (nSPS) is 26.4. The molecule has 0 bridgehead atoms. The smallest absolute Gasteiger partial charge is 0.169 e. The van der Waals surface area contributed by atoms with Gasteiger partial charge in [0.05, 0.1) is 24.2 Å². The highest BCUT2D eigenvalue weighted by Gasteiger charge is 2.48. The van der Waals surface area contributed by atoms with Gasteiger partial charge in [-0.25, -0.2) is 0 Å². The van der Waals surface area contributed by atoms with E-state index in [1.165, 1.54) is 0 Å². The number of rotatable bonds is 6. The number of Topliss-reactive ketones (excluding diaryl/α,β-unsaturated/α-hetero) is 2. The standard InChI is InChI=1S/C22H24O4/c1-14(23)22-20(21(25)17-11-7-4-8-12-17)18(15(2)26-22)13-19(24)16-9-5-3-6-10-16/h3-12,14-15,18,20,22-23H,13H2,1-2H3/t14?,15-,18+,20+,22+/m1/s1. The second-order valence-electron chi connectivity index (χ2n) is 6.96. The Balaban J connectivity index is 1.88. The third-order valence-corrected chi connectivity index (χ3v) is 5.14. The molecule has 3 rings (SSSR count). The van der Waals surface area contributed by atoms with Gasteiger partial charge in [0.1, 0.15) is 0 Å². The Bertz CT molecular complexity index is 754. The van der Waals surface area contributed by atoms with E-state index in [-0.39, 0.29) is 30.0 Å². The van der Waals surface area contributed by atoms with E-state index < -0.39 is 18.1 Å². The zero-order valence-corrected chi connectivity index (χ0v) is 15.0. The topological polar surface area (TPSA) is 63.6 Å². The lowest BCUT2D eigenvalue weighted by atomic mass is 9.77. The molecular formula is C22H24O4. The first kappa shape index (κ1) is 18.5. The summed E-state index contributed by atoms with van der Waals surface area (Å²) in [6, 6.07) is 18.1. The van der Waals surface area contributed by atoms with E-state index in [2.05, 4.69) is 0 Å². The summed E-state index contributed by atoms with van der Waals surface area (Å²) in [6.07, 6.45) is -1.45. The molecule has 0 spiro atoms. The van der Waals surface area contributed by atoms with E-state index in [9.17, 15) is 14.7 Å². The van der Waals surface area contributed by atoms with Crippen molar-refractivity contribution in [3.05, 3.63) is 71.8 Å². The lowest BCUT2D eigenvalue weighted by molar-refractivity contribution is -0.0322. The Morgan fingerprint density at radius 3 is 2.08 bits per heavy atom. The van der Waals surface area contributed by atoms with Crippen molar-refractivity contribution in [1.29, 1.82) is 0 Å². The minimum absolute atomic E-state index is 0.0110. The van der Waals surface area contributed by atoms with Crippen molar-refractivity contribution < 1.29 is 19.4 Å². The van der Waals surface area contributed by atoms with Gasteiger partial charge < -0.3 is 9.84 Å². The molecule has 1 N–H and O–H groups in total. The molecule has 0 aromatic heterocycles. The van der Waals surface area contributed by atoms with Gasteiger partial charge in [-0.15, -0.1) is 0 Å². The molecule has 1 aliphatic heterocycles. The molecule has 26 heavy (non-hydrogen) atoms. The summed E-state index contributed by atoms with van der Waals surface area (Å²) in [7, 11) is 0. The fourth-order valence-corrected chi connectivity index (χ4v) is 3.77. The fourth-order valence-electron chi connectivity index (χ4n) is 3.77. The van der Waals surface area contributed by atoms with E-state index in [1.807, 2.05) is 43.3 Å². The van der Waals surface area contributed by atoms with E-state index >= 15 is 0 Å². The maximum absolute atomic E-state index is 13.1. The van der Waals surface area contributed by atoms with Crippen LogP contribution in [0.1, 0.15) is 41.0 Å². The Morgan fingerprint density at radius 1 is 1.00 bits per heavy atom. The summed E-state index contributed by atoms with van der Waals surface area (Å²) >= 11 is 0. The van der Waals surface area contributed by atoms with E-state index in [0.717, 1.165) is 0 Å². The molecule has 1 fully saturated rings. The van der Waals surface area contributed by atoms with Crippen molar-refractivity contribution in [3.63, 3.8) is 0 Å². The molecule has 1 saturated heterocycles. The molecule has 1 heterocycles. The quantitative estimate of drug-likeness (QED) is 0.808. The molecule has 4 nitrogen and oxygen atoms in total. The van der Waals surface area contributed by atoms with Crippen LogP contribution in [0.2, 0.25) is 0 Å². The summed E-state index contributed by atoms with van der Waals surface area (Å²) in [4.78, 5) is 25.8. The molecule has 136 valence electrons. The number of ketones is 2. The van der Waals surface area contributed by atoms with Crippen LogP contribution in [0.5, 0.6) is 0 Å². The van der Waals surface area contributed by atoms with Gasteiger partial charge in [-0.2, -0.15) is 0 Å². The van der Waals surface area contributed by atoms with Crippen molar-refractivity contribution in [2.75, 3.05) is 0 Å². The number of hydrogen-bond acceptors (Lipinski definition) is 4.